The third-order valence-corrected chi connectivity index (χ3v) is 4.27. The van der Waals surface area contributed by atoms with Crippen molar-refractivity contribution in [3.63, 3.8) is 0 Å². The molecule has 1 aromatic rings. The van der Waals surface area contributed by atoms with Gasteiger partial charge in [0.15, 0.2) is 5.78 Å². The number of hydrogen-bond acceptors (Lipinski definition) is 3. The number of Topliss-reactive ketones (excluding diaryl/α,β-unsaturated/α-hetero) is 1. The standard InChI is InChI=1S/C10H12BrNOS/c11-8-5-14-4-7(8)10(13)3-9(12)6-1-2-6/h4-6,9H,1-3,12H2. The largest absolute Gasteiger partial charge is 0.327 e. The van der Waals surface area contributed by atoms with E-state index in [1.807, 2.05) is 10.8 Å². The topological polar surface area (TPSA) is 43.1 Å². The van der Waals surface area contributed by atoms with Gasteiger partial charge in [0.25, 0.3) is 0 Å². The zero-order valence-electron chi connectivity index (χ0n) is 7.70. The molecule has 0 amide bonds. The summed E-state index contributed by atoms with van der Waals surface area (Å²) < 4.78 is 0.899. The molecule has 2 N–H and O–H groups in total. The highest BCUT2D eigenvalue weighted by atomic mass is 79.9. The summed E-state index contributed by atoms with van der Waals surface area (Å²) in [5.74, 6) is 0.758. The summed E-state index contributed by atoms with van der Waals surface area (Å²) in [7, 11) is 0. The summed E-state index contributed by atoms with van der Waals surface area (Å²) >= 11 is 4.90. The van der Waals surface area contributed by atoms with Crippen molar-refractivity contribution in [2.45, 2.75) is 25.3 Å². The molecule has 0 spiro atoms. The Morgan fingerprint density at radius 3 is 2.86 bits per heavy atom. The molecule has 1 fully saturated rings. The van der Waals surface area contributed by atoms with Crippen LogP contribution in [0.3, 0.4) is 0 Å². The van der Waals surface area contributed by atoms with Crippen LogP contribution in [-0.2, 0) is 0 Å². The number of carbonyl (C=O) groups excluding carboxylic acids is 1. The van der Waals surface area contributed by atoms with E-state index in [4.69, 9.17) is 5.73 Å². The second-order valence-corrected chi connectivity index (χ2v) is 5.36. The van der Waals surface area contributed by atoms with Crippen molar-refractivity contribution < 1.29 is 4.79 Å². The lowest BCUT2D eigenvalue weighted by Gasteiger charge is -2.07. The molecule has 0 aromatic carbocycles. The predicted octanol–water partition coefficient (Wildman–Crippen LogP) is 2.82. The van der Waals surface area contributed by atoms with Crippen LogP contribution in [0.15, 0.2) is 15.2 Å². The molecule has 1 unspecified atom stereocenters. The van der Waals surface area contributed by atoms with E-state index < -0.39 is 0 Å². The van der Waals surface area contributed by atoms with Crippen molar-refractivity contribution in [3.05, 3.63) is 20.8 Å². The summed E-state index contributed by atoms with van der Waals surface area (Å²) in [5, 5.41) is 3.81. The van der Waals surface area contributed by atoms with E-state index in [0.29, 0.717) is 12.3 Å². The first-order valence-corrected chi connectivity index (χ1v) is 6.42. The van der Waals surface area contributed by atoms with E-state index in [1.54, 1.807) is 0 Å². The van der Waals surface area contributed by atoms with Crippen LogP contribution in [0.5, 0.6) is 0 Å². The zero-order chi connectivity index (χ0) is 10.1. The molecule has 1 aliphatic rings. The van der Waals surface area contributed by atoms with Crippen LogP contribution < -0.4 is 5.73 Å². The molecule has 1 aromatic heterocycles. The van der Waals surface area contributed by atoms with Crippen LogP contribution in [0.2, 0.25) is 0 Å². The molecule has 1 heterocycles. The average molecular weight is 274 g/mol. The normalized spacial score (nSPS) is 18.1. The van der Waals surface area contributed by atoms with Crippen LogP contribution in [0.4, 0.5) is 0 Å². The maximum Gasteiger partial charge on any atom is 0.166 e. The monoisotopic (exact) mass is 273 g/mol. The molecular formula is C10H12BrNOS. The van der Waals surface area contributed by atoms with Gasteiger partial charge < -0.3 is 5.73 Å². The molecule has 14 heavy (non-hydrogen) atoms. The Bertz CT molecular complexity index is 346. The van der Waals surface area contributed by atoms with Crippen molar-refractivity contribution in [3.8, 4) is 0 Å². The molecule has 0 bridgehead atoms. The van der Waals surface area contributed by atoms with E-state index in [9.17, 15) is 4.79 Å². The summed E-state index contributed by atoms with van der Waals surface area (Å²) in [6.07, 6.45) is 2.87. The highest BCUT2D eigenvalue weighted by molar-refractivity contribution is 9.10. The molecular weight excluding hydrogens is 262 g/mol. The van der Waals surface area contributed by atoms with Gasteiger partial charge in [-0.3, -0.25) is 4.79 Å². The Morgan fingerprint density at radius 2 is 2.36 bits per heavy atom. The van der Waals surface area contributed by atoms with E-state index in [-0.39, 0.29) is 11.8 Å². The third kappa shape index (κ3) is 2.24. The molecule has 0 radical (unpaired) electrons. The Kier molecular flexibility index (Phi) is 3.04. The molecule has 1 atom stereocenters. The van der Waals surface area contributed by atoms with E-state index in [0.717, 1.165) is 10.0 Å². The van der Waals surface area contributed by atoms with Gasteiger partial charge in [-0.25, -0.2) is 0 Å². The van der Waals surface area contributed by atoms with Crippen LogP contribution in [0.25, 0.3) is 0 Å². The molecule has 1 saturated carbocycles. The fraction of sp³-hybridized carbons (Fsp3) is 0.500. The third-order valence-electron chi connectivity index (χ3n) is 2.56. The Hall–Kier alpha value is -0.190. The first-order valence-electron chi connectivity index (χ1n) is 4.69. The summed E-state index contributed by atoms with van der Waals surface area (Å²) in [6, 6.07) is 0.0642. The highest BCUT2D eigenvalue weighted by Crippen LogP contribution is 2.34. The maximum atomic E-state index is 11.8. The molecule has 2 nitrogen and oxygen atoms in total. The van der Waals surface area contributed by atoms with Crippen molar-refractivity contribution in [2.24, 2.45) is 11.7 Å². The summed E-state index contributed by atoms with van der Waals surface area (Å²) in [4.78, 5) is 11.8. The van der Waals surface area contributed by atoms with Crippen molar-refractivity contribution in [1.82, 2.24) is 0 Å². The van der Waals surface area contributed by atoms with Gasteiger partial charge in [0.2, 0.25) is 0 Å². The fourth-order valence-corrected chi connectivity index (χ4v) is 3.02. The van der Waals surface area contributed by atoms with Gasteiger partial charge in [0.1, 0.15) is 0 Å². The number of ketones is 1. The number of hydrogen-bond donors (Lipinski definition) is 1. The first kappa shape index (κ1) is 10.3. The molecule has 76 valence electrons. The van der Waals surface area contributed by atoms with E-state index in [2.05, 4.69) is 15.9 Å². The number of thiophene rings is 1. The van der Waals surface area contributed by atoms with Gasteiger partial charge in [-0.05, 0) is 34.7 Å². The number of nitrogens with two attached hydrogens (primary N) is 1. The van der Waals surface area contributed by atoms with Crippen LogP contribution in [-0.4, -0.2) is 11.8 Å². The minimum atomic E-state index is 0.0642. The zero-order valence-corrected chi connectivity index (χ0v) is 10.1. The number of rotatable bonds is 4. The number of carbonyl (C=O) groups is 1. The van der Waals surface area contributed by atoms with Gasteiger partial charge in [0, 0.05) is 33.3 Å². The Balaban J connectivity index is 1.98. The summed E-state index contributed by atoms with van der Waals surface area (Å²) in [6.45, 7) is 0. The van der Waals surface area contributed by atoms with E-state index >= 15 is 0 Å². The lowest BCUT2D eigenvalue weighted by molar-refractivity contribution is 0.0971. The summed E-state index contributed by atoms with van der Waals surface area (Å²) in [5.41, 5.74) is 6.69. The van der Waals surface area contributed by atoms with Gasteiger partial charge in [-0.15, -0.1) is 0 Å². The minimum absolute atomic E-state index is 0.0642. The molecule has 4 heteroatoms. The maximum absolute atomic E-state index is 11.8. The molecule has 0 aliphatic heterocycles. The minimum Gasteiger partial charge on any atom is -0.327 e. The van der Waals surface area contributed by atoms with Gasteiger partial charge in [-0.1, -0.05) is 0 Å². The van der Waals surface area contributed by atoms with Gasteiger partial charge in [0.05, 0.1) is 0 Å². The van der Waals surface area contributed by atoms with Crippen molar-refractivity contribution >= 4 is 33.0 Å². The predicted molar refractivity (Wildman–Crippen MR) is 61.7 cm³/mol. The fourth-order valence-electron chi connectivity index (χ4n) is 1.50. The smallest absolute Gasteiger partial charge is 0.166 e. The average Bonchev–Trinajstić information content (AvgIpc) is 2.89. The lowest BCUT2D eigenvalue weighted by atomic mass is 10.0. The van der Waals surface area contributed by atoms with Gasteiger partial charge in [-0.2, -0.15) is 11.3 Å². The molecule has 1 aliphatic carbocycles. The molecule has 2 rings (SSSR count). The van der Waals surface area contributed by atoms with Crippen molar-refractivity contribution in [1.29, 1.82) is 0 Å². The Labute approximate surface area is 95.6 Å². The highest BCUT2D eigenvalue weighted by Gasteiger charge is 2.30. The van der Waals surface area contributed by atoms with Gasteiger partial charge >= 0.3 is 0 Å². The molecule has 0 saturated heterocycles. The van der Waals surface area contributed by atoms with Crippen LogP contribution >= 0.6 is 27.3 Å². The second kappa shape index (κ2) is 4.13. The number of halogens is 1. The van der Waals surface area contributed by atoms with Crippen LogP contribution in [0, 0.1) is 5.92 Å². The van der Waals surface area contributed by atoms with E-state index in [1.165, 1.54) is 24.2 Å². The lowest BCUT2D eigenvalue weighted by Crippen LogP contribution is -2.25. The first-order chi connectivity index (χ1) is 6.68. The quantitative estimate of drug-likeness (QED) is 0.858. The SMILES string of the molecule is NC(CC(=O)c1cscc1Br)C1CC1. The Morgan fingerprint density at radius 1 is 1.64 bits per heavy atom. The van der Waals surface area contributed by atoms with Crippen molar-refractivity contribution in [2.75, 3.05) is 0 Å². The van der Waals surface area contributed by atoms with Crippen LogP contribution in [0.1, 0.15) is 29.6 Å². The second-order valence-electron chi connectivity index (χ2n) is 3.76.